The van der Waals surface area contributed by atoms with Gasteiger partial charge in [0.2, 0.25) is 0 Å². The van der Waals surface area contributed by atoms with Crippen molar-refractivity contribution in [2.45, 2.75) is 6.92 Å². The SMILES string of the molecule is Cc1ccc2/c(=N\Nc3ncnc4ccccc34)cc(-c3ccccc3)oc2c1. The summed E-state index contributed by atoms with van der Waals surface area (Å²) in [5.74, 6) is 1.43. The van der Waals surface area contributed by atoms with Gasteiger partial charge in [-0.05, 0) is 36.8 Å². The Morgan fingerprint density at radius 2 is 1.66 bits per heavy atom. The minimum atomic E-state index is 0.665. The fourth-order valence-electron chi connectivity index (χ4n) is 3.32. The fourth-order valence-corrected chi connectivity index (χ4v) is 3.32. The van der Waals surface area contributed by atoms with Crippen LogP contribution in [0.25, 0.3) is 33.2 Å². The first kappa shape index (κ1) is 17.1. The maximum absolute atomic E-state index is 6.18. The van der Waals surface area contributed by atoms with Gasteiger partial charge in [-0.15, -0.1) is 0 Å². The van der Waals surface area contributed by atoms with E-state index in [-0.39, 0.29) is 0 Å². The van der Waals surface area contributed by atoms with Crippen LogP contribution in [0.15, 0.2) is 94.7 Å². The minimum absolute atomic E-state index is 0.665. The van der Waals surface area contributed by atoms with Crippen molar-refractivity contribution in [2.24, 2.45) is 5.10 Å². The quantitative estimate of drug-likeness (QED) is 0.434. The van der Waals surface area contributed by atoms with Gasteiger partial charge in [-0.3, -0.25) is 5.43 Å². The number of para-hydroxylation sites is 1. The van der Waals surface area contributed by atoms with Crippen LogP contribution >= 0.6 is 0 Å². The Hall–Kier alpha value is -3.99. The first-order chi connectivity index (χ1) is 14.3. The predicted octanol–water partition coefficient (Wildman–Crippen LogP) is 5.28. The van der Waals surface area contributed by atoms with E-state index in [2.05, 4.69) is 26.6 Å². The Bertz CT molecular complexity index is 1390. The zero-order valence-electron chi connectivity index (χ0n) is 15.8. The van der Waals surface area contributed by atoms with Gasteiger partial charge in [0, 0.05) is 22.4 Å². The number of fused-ring (bicyclic) bond motifs is 2. The van der Waals surface area contributed by atoms with E-state index >= 15 is 0 Å². The van der Waals surface area contributed by atoms with Crippen LogP contribution in [0.1, 0.15) is 5.56 Å². The Labute approximate surface area is 167 Å². The van der Waals surface area contributed by atoms with E-state index in [1.807, 2.05) is 79.7 Å². The molecule has 5 aromatic rings. The lowest BCUT2D eigenvalue weighted by atomic mass is 10.1. The number of nitrogens with zero attached hydrogens (tertiary/aromatic N) is 3. The van der Waals surface area contributed by atoms with Crippen LogP contribution in [-0.4, -0.2) is 9.97 Å². The Balaban J connectivity index is 1.68. The molecule has 5 nitrogen and oxygen atoms in total. The van der Waals surface area contributed by atoms with Gasteiger partial charge in [0.05, 0.1) is 10.9 Å². The average Bonchev–Trinajstić information content (AvgIpc) is 2.77. The highest BCUT2D eigenvalue weighted by atomic mass is 16.3. The third kappa shape index (κ3) is 3.34. The van der Waals surface area contributed by atoms with Crippen molar-refractivity contribution >= 4 is 27.7 Å². The smallest absolute Gasteiger partial charge is 0.157 e. The molecule has 0 unspecified atom stereocenters. The van der Waals surface area contributed by atoms with Gasteiger partial charge in [-0.25, -0.2) is 9.97 Å². The molecule has 5 rings (SSSR count). The molecule has 0 amide bonds. The number of benzene rings is 3. The molecule has 0 radical (unpaired) electrons. The van der Waals surface area contributed by atoms with Crippen LogP contribution in [0, 0.1) is 6.92 Å². The van der Waals surface area contributed by atoms with Crippen molar-refractivity contribution in [1.29, 1.82) is 0 Å². The van der Waals surface area contributed by atoms with Gasteiger partial charge in [-0.1, -0.05) is 48.5 Å². The summed E-state index contributed by atoms with van der Waals surface area (Å²) in [6.07, 6.45) is 1.54. The number of anilines is 1. The number of hydrogen-bond donors (Lipinski definition) is 1. The molecule has 0 aliphatic rings. The zero-order chi connectivity index (χ0) is 19.6. The van der Waals surface area contributed by atoms with E-state index in [4.69, 9.17) is 4.42 Å². The van der Waals surface area contributed by atoms with Crippen molar-refractivity contribution in [3.8, 4) is 11.3 Å². The van der Waals surface area contributed by atoms with Crippen LogP contribution in [0.2, 0.25) is 0 Å². The molecule has 0 aliphatic heterocycles. The molecule has 0 bridgehead atoms. The minimum Gasteiger partial charge on any atom is -0.456 e. The van der Waals surface area contributed by atoms with E-state index in [0.717, 1.165) is 44.1 Å². The number of hydrogen-bond acceptors (Lipinski definition) is 5. The van der Waals surface area contributed by atoms with Crippen molar-refractivity contribution in [2.75, 3.05) is 5.43 Å². The zero-order valence-corrected chi connectivity index (χ0v) is 15.8. The summed E-state index contributed by atoms with van der Waals surface area (Å²) < 4.78 is 6.18. The van der Waals surface area contributed by atoms with Crippen molar-refractivity contribution in [3.05, 3.63) is 96.1 Å². The molecular weight excluding hydrogens is 360 g/mol. The molecule has 5 heteroatoms. The molecule has 3 aromatic carbocycles. The Morgan fingerprint density at radius 3 is 2.55 bits per heavy atom. The van der Waals surface area contributed by atoms with Crippen molar-refractivity contribution in [1.82, 2.24) is 9.97 Å². The van der Waals surface area contributed by atoms with E-state index < -0.39 is 0 Å². The normalized spacial score (nSPS) is 11.8. The lowest BCUT2D eigenvalue weighted by Gasteiger charge is -2.07. The highest BCUT2D eigenvalue weighted by molar-refractivity contribution is 5.88. The van der Waals surface area contributed by atoms with Crippen LogP contribution < -0.4 is 10.8 Å². The molecule has 0 fully saturated rings. The molecule has 0 saturated heterocycles. The van der Waals surface area contributed by atoms with Crippen molar-refractivity contribution in [3.63, 3.8) is 0 Å². The average molecular weight is 378 g/mol. The molecule has 2 aromatic heterocycles. The number of aryl methyl sites for hydroxylation is 1. The number of nitrogens with one attached hydrogen (secondary N) is 1. The summed E-state index contributed by atoms with van der Waals surface area (Å²) in [6, 6.07) is 25.9. The standard InChI is InChI=1S/C24H18N4O/c1-16-11-12-18-21(14-22(29-23(18)13-16)17-7-3-2-4-8-17)27-28-24-19-9-5-6-10-20(19)25-15-26-24/h2-15H,1H3,(H,25,26,28)/b27-21-. The van der Waals surface area contributed by atoms with E-state index in [1.165, 1.54) is 6.33 Å². The second kappa shape index (κ2) is 7.20. The maximum atomic E-state index is 6.18. The second-order valence-electron chi connectivity index (χ2n) is 6.82. The molecule has 1 N–H and O–H groups in total. The van der Waals surface area contributed by atoms with Crippen LogP contribution in [0.3, 0.4) is 0 Å². The lowest BCUT2D eigenvalue weighted by molar-refractivity contribution is 0.618. The molecule has 0 aliphatic carbocycles. The largest absolute Gasteiger partial charge is 0.456 e. The molecule has 0 saturated carbocycles. The third-order valence-electron chi connectivity index (χ3n) is 4.78. The summed E-state index contributed by atoms with van der Waals surface area (Å²) >= 11 is 0. The van der Waals surface area contributed by atoms with Gasteiger partial charge < -0.3 is 4.42 Å². The molecule has 0 atom stereocenters. The van der Waals surface area contributed by atoms with Crippen molar-refractivity contribution < 1.29 is 4.42 Å². The number of rotatable bonds is 3. The summed E-state index contributed by atoms with van der Waals surface area (Å²) in [5.41, 5.74) is 6.91. The summed E-state index contributed by atoms with van der Waals surface area (Å²) in [4.78, 5) is 8.66. The molecule has 2 heterocycles. The monoisotopic (exact) mass is 378 g/mol. The summed E-state index contributed by atoms with van der Waals surface area (Å²) in [5, 5.41) is 7.31. The Kier molecular flexibility index (Phi) is 4.26. The summed E-state index contributed by atoms with van der Waals surface area (Å²) in [7, 11) is 0. The topological polar surface area (TPSA) is 63.3 Å². The summed E-state index contributed by atoms with van der Waals surface area (Å²) in [6.45, 7) is 2.05. The van der Waals surface area contributed by atoms with E-state index in [1.54, 1.807) is 0 Å². The van der Waals surface area contributed by atoms with Gasteiger partial charge in [0.1, 0.15) is 17.7 Å². The van der Waals surface area contributed by atoms with Gasteiger partial charge in [0.25, 0.3) is 0 Å². The van der Waals surface area contributed by atoms with E-state index in [9.17, 15) is 0 Å². The highest BCUT2D eigenvalue weighted by Crippen LogP contribution is 2.23. The van der Waals surface area contributed by atoms with Gasteiger partial charge >= 0.3 is 0 Å². The molecule has 29 heavy (non-hydrogen) atoms. The predicted molar refractivity (Wildman–Crippen MR) is 115 cm³/mol. The number of aromatic nitrogens is 2. The van der Waals surface area contributed by atoms with Crippen LogP contribution in [0.4, 0.5) is 5.82 Å². The third-order valence-corrected chi connectivity index (χ3v) is 4.78. The van der Waals surface area contributed by atoms with Gasteiger partial charge in [0.15, 0.2) is 5.82 Å². The fraction of sp³-hybridized carbons (Fsp3) is 0.0417. The lowest BCUT2D eigenvalue weighted by Crippen LogP contribution is -2.08. The van der Waals surface area contributed by atoms with Crippen LogP contribution in [0.5, 0.6) is 0 Å². The molecule has 0 spiro atoms. The second-order valence-corrected chi connectivity index (χ2v) is 6.82. The molecular formula is C24H18N4O. The highest BCUT2D eigenvalue weighted by Gasteiger charge is 2.07. The first-order valence-corrected chi connectivity index (χ1v) is 9.37. The van der Waals surface area contributed by atoms with Gasteiger partial charge in [-0.2, -0.15) is 5.10 Å². The molecule has 140 valence electrons. The maximum Gasteiger partial charge on any atom is 0.157 e. The van der Waals surface area contributed by atoms with Crippen LogP contribution in [-0.2, 0) is 0 Å². The Morgan fingerprint density at radius 1 is 0.828 bits per heavy atom. The first-order valence-electron chi connectivity index (χ1n) is 9.37. The van der Waals surface area contributed by atoms with E-state index in [0.29, 0.717) is 5.82 Å².